The van der Waals surface area contributed by atoms with Gasteiger partial charge in [-0.3, -0.25) is 10.1 Å². The van der Waals surface area contributed by atoms with Crippen LogP contribution in [0.5, 0.6) is 11.5 Å². The van der Waals surface area contributed by atoms with E-state index in [0.29, 0.717) is 5.75 Å². The summed E-state index contributed by atoms with van der Waals surface area (Å²) < 4.78 is 18.7. The highest BCUT2D eigenvalue weighted by molar-refractivity contribution is 5.75. The van der Waals surface area contributed by atoms with Gasteiger partial charge < -0.3 is 24.2 Å². The number of carbonyl (C=O) groups excluding carboxylic acids is 1. The Morgan fingerprint density at radius 3 is 2.78 bits per heavy atom. The number of rotatable bonds is 4. The summed E-state index contributed by atoms with van der Waals surface area (Å²) in [6.07, 6.45) is 3.24. The number of hydrogen-bond donors (Lipinski definition) is 2. The minimum atomic E-state index is -0.533. The van der Waals surface area contributed by atoms with E-state index in [-0.39, 0.29) is 40.9 Å². The van der Waals surface area contributed by atoms with Crippen LogP contribution in [0.2, 0.25) is 0 Å². The minimum absolute atomic E-state index is 0.0531. The van der Waals surface area contributed by atoms with E-state index in [4.69, 9.17) is 14.2 Å². The van der Waals surface area contributed by atoms with Gasteiger partial charge in [0.2, 0.25) is 0 Å². The number of piperidine rings is 1. The van der Waals surface area contributed by atoms with Crippen LogP contribution in [0.3, 0.4) is 0 Å². The standard InChI is InChI=1S/C25H36N2O5/c1-14(22(29)32-23(2,3)4)26-16-9-10-25(30-6)18-13-15-7-8-17(28)20-19(15)24(25,21(16)31-20)11-12-27(18)5/h7-8,14,16,18,21,26,28H,9-13H2,1-6H3/t14-,16+,18+,21-,24-,25+/m0/s1. The molecule has 0 radical (unpaired) electrons. The van der Waals surface area contributed by atoms with Crippen LogP contribution in [0.25, 0.3) is 0 Å². The molecule has 1 saturated carbocycles. The summed E-state index contributed by atoms with van der Waals surface area (Å²) in [5.41, 5.74) is 1.10. The third kappa shape index (κ3) is 2.80. The van der Waals surface area contributed by atoms with Gasteiger partial charge in [0, 0.05) is 24.8 Å². The Morgan fingerprint density at radius 1 is 1.34 bits per heavy atom. The van der Waals surface area contributed by atoms with E-state index in [1.54, 1.807) is 6.07 Å². The van der Waals surface area contributed by atoms with Gasteiger partial charge in [-0.05, 0) is 78.6 Å². The highest BCUT2D eigenvalue weighted by Crippen LogP contribution is 2.66. The molecule has 2 aliphatic carbocycles. The fourth-order valence-corrected chi connectivity index (χ4v) is 7.09. The van der Waals surface area contributed by atoms with E-state index >= 15 is 0 Å². The van der Waals surface area contributed by atoms with Gasteiger partial charge in [0.1, 0.15) is 17.7 Å². The van der Waals surface area contributed by atoms with Gasteiger partial charge in [-0.25, -0.2) is 0 Å². The largest absolute Gasteiger partial charge is 0.504 e. The number of likely N-dealkylation sites (N-methyl/N-ethyl adjacent to an activating group) is 1. The average molecular weight is 445 g/mol. The number of hydrogen-bond acceptors (Lipinski definition) is 7. The molecule has 32 heavy (non-hydrogen) atoms. The molecule has 0 amide bonds. The predicted octanol–water partition coefficient (Wildman–Crippen LogP) is 2.52. The molecule has 0 aromatic heterocycles. The van der Waals surface area contributed by atoms with Gasteiger partial charge in [-0.15, -0.1) is 0 Å². The number of methoxy groups -OCH3 is 1. The van der Waals surface area contributed by atoms with Crippen molar-refractivity contribution in [3.63, 3.8) is 0 Å². The number of phenols is 1. The van der Waals surface area contributed by atoms with Gasteiger partial charge in [-0.2, -0.15) is 0 Å². The second-order valence-corrected chi connectivity index (χ2v) is 11.1. The normalized spacial score (nSPS) is 36.2. The first-order chi connectivity index (χ1) is 15.0. The Balaban J connectivity index is 1.56. The number of nitrogens with one attached hydrogen (secondary N) is 1. The summed E-state index contributed by atoms with van der Waals surface area (Å²) in [5, 5.41) is 14.3. The molecule has 176 valence electrons. The predicted molar refractivity (Wildman–Crippen MR) is 120 cm³/mol. The lowest BCUT2D eigenvalue weighted by Gasteiger charge is -2.65. The van der Waals surface area contributed by atoms with E-state index in [2.05, 4.69) is 17.3 Å². The third-order valence-electron chi connectivity index (χ3n) is 8.28. The zero-order chi connectivity index (χ0) is 23.1. The van der Waals surface area contributed by atoms with Crippen molar-refractivity contribution >= 4 is 5.97 Å². The van der Waals surface area contributed by atoms with Crippen LogP contribution in [0, 0.1) is 0 Å². The number of phenolic OH excluding ortho intramolecular Hbond substituents is 1. The fraction of sp³-hybridized carbons (Fsp3) is 0.720. The summed E-state index contributed by atoms with van der Waals surface area (Å²) >= 11 is 0. The maximum Gasteiger partial charge on any atom is 0.323 e. The molecule has 1 aromatic carbocycles. The van der Waals surface area contributed by atoms with Crippen LogP contribution in [0.1, 0.15) is 58.1 Å². The molecule has 7 nitrogen and oxygen atoms in total. The molecule has 5 rings (SSSR count). The quantitative estimate of drug-likeness (QED) is 0.691. The second kappa shape index (κ2) is 7.08. The Bertz CT molecular complexity index is 943. The molecule has 2 aliphatic heterocycles. The van der Waals surface area contributed by atoms with Gasteiger partial charge >= 0.3 is 5.97 Å². The van der Waals surface area contributed by atoms with Crippen molar-refractivity contribution < 1.29 is 24.1 Å². The number of aromatic hydroxyl groups is 1. The monoisotopic (exact) mass is 444 g/mol. The van der Waals surface area contributed by atoms with Crippen LogP contribution in [0.4, 0.5) is 0 Å². The first-order valence-corrected chi connectivity index (χ1v) is 11.8. The van der Waals surface area contributed by atoms with Gasteiger partial charge in [0.25, 0.3) is 0 Å². The Morgan fingerprint density at radius 2 is 2.09 bits per heavy atom. The summed E-state index contributed by atoms with van der Waals surface area (Å²) in [7, 11) is 4.01. The van der Waals surface area contributed by atoms with Gasteiger partial charge in [-0.1, -0.05) is 6.07 Å². The minimum Gasteiger partial charge on any atom is -0.504 e. The second-order valence-electron chi connectivity index (χ2n) is 11.1. The van der Waals surface area contributed by atoms with Crippen molar-refractivity contribution in [1.29, 1.82) is 0 Å². The molecule has 1 spiro atoms. The molecule has 2 fully saturated rings. The highest BCUT2D eigenvalue weighted by Gasteiger charge is 2.73. The van der Waals surface area contributed by atoms with E-state index in [9.17, 15) is 9.90 Å². The van der Waals surface area contributed by atoms with E-state index in [0.717, 1.165) is 37.8 Å². The van der Waals surface area contributed by atoms with Gasteiger partial charge in [0.05, 0.1) is 11.0 Å². The molecular weight excluding hydrogens is 408 g/mol. The zero-order valence-corrected chi connectivity index (χ0v) is 20.0. The van der Waals surface area contributed by atoms with E-state index < -0.39 is 11.6 Å². The lowest BCUT2D eigenvalue weighted by molar-refractivity contribution is -0.204. The van der Waals surface area contributed by atoms with Crippen LogP contribution >= 0.6 is 0 Å². The zero-order valence-electron chi connectivity index (χ0n) is 20.0. The SMILES string of the molecule is CO[C@@]12CC[C@@H](N[C@@H](C)C(=O)OC(C)(C)C)[C@@H]3Oc4c(O)ccc5c4[C@@]31CCN(C)[C@@H]2C5. The van der Waals surface area contributed by atoms with Crippen molar-refractivity contribution in [2.24, 2.45) is 0 Å². The Hall–Kier alpha value is -1.83. The summed E-state index contributed by atoms with van der Waals surface area (Å²) in [4.78, 5) is 15.1. The average Bonchev–Trinajstić information content (AvgIpc) is 3.08. The molecule has 6 atom stereocenters. The number of esters is 1. The third-order valence-corrected chi connectivity index (χ3v) is 8.28. The molecule has 1 aromatic rings. The van der Waals surface area contributed by atoms with E-state index in [1.807, 2.05) is 40.9 Å². The summed E-state index contributed by atoms with van der Waals surface area (Å²) in [6, 6.07) is 3.54. The summed E-state index contributed by atoms with van der Waals surface area (Å²) in [5.74, 6) is 0.534. The van der Waals surface area contributed by atoms with Crippen molar-refractivity contribution in [2.45, 2.75) is 94.2 Å². The molecule has 1 saturated heterocycles. The fourth-order valence-electron chi connectivity index (χ4n) is 7.09. The molecule has 0 unspecified atom stereocenters. The Labute approximate surface area is 190 Å². The molecule has 2 heterocycles. The maximum absolute atomic E-state index is 12.7. The first-order valence-electron chi connectivity index (χ1n) is 11.8. The number of benzene rings is 1. The lowest BCUT2D eigenvalue weighted by Crippen LogP contribution is -2.78. The molecule has 7 heteroatoms. The molecule has 4 aliphatic rings. The van der Waals surface area contributed by atoms with Gasteiger partial charge in [0.15, 0.2) is 11.5 Å². The van der Waals surface area contributed by atoms with Crippen LogP contribution in [-0.4, -0.2) is 72.1 Å². The van der Waals surface area contributed by atoms with Crippen molar-refractivity contribution in [2.75, 3.05) is 20.7 Å². The van der Waals surface area contributed by atoms with Crippen molar-refractivity contribution in [3.8, 4) is 11.5 Å². The number of carbonyl (C=O) groups is 1. The molecule has 2 N–H and O–H groups in total. The van der Waals surface area contributed by atoms with Crippen LogP contribution in [0.15, 0.2) is 12.1 Å². The summed E-state index contributed by atoms with van der Waals surface area (Å²) in [6.45, 7) is 8.44. The van der Waals surface area contributed by atoms with Crippen LogP contribution in [-0.2, 0) is 26.1 Å². The van der Waals surface area contributed by atoms with Crippen molar-refractivity contribution in [3.05, 3.63) is 23.3 Å². The highest BCUT2D eigenvalue weighted by atomic mass is 16.6. The lowest BCUT2D eigenvalue weighted by atomic mass is 9.48. The van der Waals surface area contributed by atoms with Crippen molar-refractivity contribution in [1.82, 2.24) is 10.2 Å². The molecule has 2 bridgehead atoms. The maximum atomic E-state index is 12.7. The number of ether oxygens (including phenoxy) is 3. The first kappa shape index (κ1) is 22.0. The Kier molecular flexibility index (Phi) is 4.87. The van der Waals surface area contributed by atoms with E-state index in [1.165, 1.54) is 5.56 Å². The smallest absolute Gasteiger partial charge is 0.323 e. The molecular formula is C25H36N2O5. The van der Waals surface area contributed by atoms with Crippen LogP contribution < -0.4 is 10.1 Å². The number of likely N-dealkylation sites (tertiary alicyclic amines) is 1. The number of nitrogens with zero attached hydrogens (tertiary/aromatic N) is 1. The topological polar surface area (TPSA) is 80.3 Å².